The van der Waals surface area contributed by atoms with Gasteiger partial charge in [-0.1, -0.05) is 23.4 Å². The molecule has 0 bridgehead atoms. The summed E-state index contributed by atoms with van der Waals surface area (Å²) in [5, 5.41) is 1.10. The molecule has 0 aromatic carbocycles. The second kappa shape index (κ2) is 6.23. The first-order chi connectivity index (χ1) is 8.06. The minimum atomic E-state index is -1.17. The highest BCUT2D eigenvalue weighted by molar-refractivity contribution is 8.03. The maximum atomic E-state index is 11.4. The predicted molar refractivity (Wildman–Crippen MR) is 63.0 cm³/mol. The van der Waals surface area contributed by atoms with E-state index in [1.165, 1.54) is 31.9 Å². The van der Waals surface area contributed by atoms with E-state index in [1.54, 1.807) is 5.41 Å². The molecule has 0 amide bonds. The van der Waals surface area contributed by atoms with E-state index in [0.717, 1.165) is 6.08 Å². The number of carbonyl (C=O) groups excluding carboxylic acids is 2. The van der Waals surface area contributed by atoms with Crippen molar-refractivity contribution in [3.8, 4) is 0 Å². The van der Waals surface area contributed by atoms with Crippen molar-refractivity contribution in [1.82, 2.24) is 0 Å². The standard InChI is InChI=1S/C10H11ClO5S/c1-14-9(13)8(3-4-12)16-10(15-2)5-7(11)6-17-10/h3,6,8H,5H2,1-2H3. The van der Waals surface area contributed by atoms with Crippen LogP contribution in [0.3, 0.4) is 0 Å². The Labute approximate surface area is 108 Å². The molecule has 1 rings (SSSR count). The molecule has 0 aliphatic carbocycles. The predicted octanol–water partition coefficient (Wildman–Crippen LogP) is 1.45. The Kier molecular flexibility index (Phi) is 5.24. The molecule has 0 aromatic heterocycles. The van der Waals surface area contributed by atoms with Gasteiger partial charge in [0.1, 0.15) is 5.94 Å². The highest BCUT2D eigenvalue weighted by Gasteiger charge is 2.40. The van der Waals surface area contributed by atoms with Crippen LogP contribution in [0.1, 0.15) is 6.42 Å². The molecule has 0 fully saturated rings. The van der Waals surface area contributed by atoms with Crippen LogP contribution in [0.25, 0.3) is 0 Å². The second-order valence-corrected chi connectivity index (χ2v) is 4.67. The minimum absolute atomic E-state index is 0.288. The van der Waals surface area contributed by atoms with Crippen LogP contribution in [-0.4, -0.2) is 37.4 Å². The zero-order chi connectivity index (χ0) is 12.9. The Morgan fingerprint density at radius 1 is 1.71 bits per heavy atom. The number of hydrogen-bond donors (Lipinski definition) is 0. The van der Waals surface area contributed by atoms with Crippen molar-refractivity contribution in [2.45, 2.75) is 17.6 Å². The fourth-order valence-electron chi connectivity index (χ4n) is 1.20. The van der Waals surface area contributed by atoms with E-state index in [0.29, 0.717) is 5.03 Å². The lowest BCUT2D eigenvalue weighted by Gasteiger charge is -2.28. The molecule has 2 atom stereocenters. The molecule has 0 aromatic rings. The summed E-state index contributed by atoms with van der Waals surface area (Å²) < 4.78 is 15.1. The molecule has 0 saturated heterocycles. The SMILES string of the molecule is COC(=O)C(C=C=O)OC1(OC)CC(Cl)=CS1. The lowest BCUT2D eigenvalue weighted by atomic mass is 10.3. The first-order valence-corrected chi connectivity index (χ1v) is 5.87. The van der Waals surface area contributed by atoms with Crippen molar-refractivity contribution < 1.29 is 23.8 Å². The Bertz CT molecular complexity index is 377. The van der Waals surface area contributed by atoms with Crippen molar-refractivity contribution in [3.05, 3.63) is 16.5 Å². The van der Waals surface area contributed by atoms with Crippen molar-refractivity contribution in [2.24, 2.45) is 0 Å². The lowest BCUT2D eigenvalue weighted by Crippen LogP contribution is -2.37. The molecular weight excluding hydrogens is 268 g/mol. The molecule has 1 aliphatic heterocycles. The van der Waals surface area contributed by atoms with Crippen LogP contribution in [0.15, 0.2) is 16.5 Å². The summed E-state index contributed by atoms with van der Waals surface area (Å²) in [4.78, 5) is 21.7. The minimum Gasteiger partial charge on any atom is -0.467 e. The first-order valence-electron chi connectivity index (χ1n) is 4.61. The van der Waals surface area contributed by atoms with Crippen LogP contribution in [0.4, 0.5) is 0 Å². The molecule has 2 unspecified atom stereocenters. The van der Waals surface area contributed by atoms with E-state index in [2.05, 4.69) is 4.74 Å². The Hall–Kier alpha value is -0.780. The molecule has 0 radical (unpaired) electrons. The van der Waals surface area contributed by atoms with E-state index in [-0.39, 0.29) is 6.42 Å². The summed E-state index contributed by atoms with van der Waals surface area (Å²) >= 11 is 7.01. The van der Waals surface area contributed by atoms with E-state index < -0.39 is 17.2 Å². The van der Waals surface area contributed by atoms with Gasteiger partial charge >= 0.3 is 5.97 Å². The third-order valence-corrected chi connectivity index (χ3v) is 3.56. The van der Waals surface area contributed by atoms with Crippen molar-refractivity contribution in [3.63, 3.8) is 0 Å². The highest BCUT2D eigenvalue weighted by atomic mass is 35.5. The average molecular weight is 279 g/mol. The molecule has 1 heterocycles. The van der Waals surface area contributed by atoms with Gasteiger partial charge in [0, 0.05) is 24.6 Å². The largest absolute Gasteiger partial charge is 0.467 e. The summed E-state index contributed by atoms with van der Waals surface area (Å²) in [7, 11) is 2.62. The van der Waals surface area contributed by atoms with Gasteiger partial charge in [0.2, 0.25) is 5.12 Å². The maximum absolute atomic E-state index is 11.4. The van der Waals surface area contributed by atoms with Gasteiger partial charge in [0.15, 0.2) is 6.10 Å². The topological polar surface area (TPSA) is 61.8 Å². The quantitative estimate of drug-likeness (QED) is 0.431. The number of hydrogen-bond acceptors (Lipinski definition) is 6. The number of halogens is 1. The average Bonchev–Trinajstić information content (AvgIpc) is 2.70. The molecule has 0 N–H and O–H groups in total. The van der Waals surface area contributed by atoms with E-state index in [9.17, 15) is 9.59 Å². The van der Waals surface area contributed by atoms with Crippen molar-refractivity contribution in [2.75, 3.05) is 14.2 Å². The molecule has 1 aliphatic rings. The summed E-state index contributed by atoms with van der Waals surface area (Å²) in [5.41, 5.74) is 0. The number of rotatable bonds is 5. The van der Waals surface area contributed by atoms with Gasteiger partial charge in [-0.2, -0.15) is 0 Å². The van der Waals surface area contributed by atoms with E-state index in [1.807, 2.05) is 0 Å². The molecular formula is C10H11ClO5S. The molecule has 0 spiro atoms. The van der Waals surface area contributed by atoms with Crippen molar-refractivity contribution in [1.29, 1.82) is 0 Å². The number of ether oxygens (including phenoxy) is 3. The summed E-state index contributed by atoms with van der Waals surface area (Å²) in [5.74, 6) is 0.793. The number of carbonyl (C=O) groups is 1. The van der Waals surface area contributed by atoms with Crippen LogP contribution in [0.2, 0.25) is 0 Å². The van der Waals surface area contributed by atoms with Crippen LogP contribution < -0.4 is 0 Å². The zero-order valence-electron chi connectivity index (χ0n) is 9.27. The number of esters is 1. The van der Waals surface area contributed by atoms with Crippen molar-refractivity contribution >= 4 is 35.3 Å². The molecule has 94 valence electrons. The number of thioether (sulfide) groups is 1. The summed E-state index contributed by atoms with van der Waals surface area (Å²) in [6.45, 7) is 0. The zero-order valence-corrected chi connectivity index (χ0v) is 10.8. The van der Waals surface area contributed by atoms with E-state index in [4.69, 9.17) is 21.1 Å². The normalized spacial score (nSPS) is 24.8. The summed E-state index contributed by atoms with van der Waals surface area (Å²) in [6, 6.07) is 0. The van der Waals surface area contributed by atoms with Gasteiger partial charge in [0.05, 0.1) is 7.11 Å². The van der Waals surface area contributed by atoms with Gasteiger partial charge in [-0.15, -0.1) is 0 Å². The van der Waals surface area contributed by atoms with Crippen LogP contribution in [0.5, 0.6) is 0 Å². The van der Waals surface area contributed by atoms with Gasteiger partial charge in [-0.05, 0) is 5.41 Å². The van der Waals surface area contributed by atoms with Crippen LogP contribution in [0, 0.1) is 0 Å². The summed E-state index contributed by atoms with van der Waals surface area (Å²) in [6.07, 6.45) is 0.0517. The molecule has 0 saturated carbocycles. The molecule has 17 heavy (non-hydrogen) atoms. The third kappa shape index (κ3) is 3.59. The van der Waals surface area contributed by atoms with Gasteiger partial charge < -0.3 is 14.2 Å². The first kappa shape index (κ1) is 14.3. The fraction of sp³-hybridized carbons (Fsp3) is 0.500. The Morgan fingerprint density at radius 3 is 2.82 bits per heavy atom. The highest BCUT2D eigenvalue weighted by Crippen LogP contribution is 2.44. The second-order valence-electron chi connectivity index (χ2n) is 3.09. The van der Waals surface area contributed by atoms with E-state index >= 15 is 0 Å². The van der Waals surface area contributed by atoms with Crippen LogP contribution in [-0.2, 0) is 23.8 Å². The van der Waals surface area contributed by atoms with Gasteiger partial charge in [-0.3, -0.25) is 0 Å². The van der Waals surface area contributed by atoms with Crippen LogP contribution >= 0.6 is 23.4 Å². The monoisotopic (exact) mass is 278 g/mol. The molecule has 7 heteroatoms. The fourth-order valence-corrected chi connectivity index (χ4v) is 2.48. The maximum Gasteiger partial charge on any atom is 0.339 e. The Morgan fingerprint density at radius 2 is 2.41 bits per heavy atom. The van der Waals surface area contributed by atoms with Gasteiger partial charge in [-0.25, -0.2) is 9.59 Å². The smallest absolute Gasteiger partial charge is 0.339 e. The molecule has 5 nitrogen and oxygen atoms in total. The van der Waals surface area contributed by atoms with Gasteiger partial charge in [0.25, 0.3) is 0 Å². The number of methoxy groups -OCH3 is 2. The Balaban J connectivity index is 2.78. The third-order valence-electron chi connectivity index (χ3n) is 2.02. The lowest BCUT2D eigenvalue weighted by molar-refractivity contribution is -0.189.